The number of aromatic nitrogens is 2. The SMILES string of the molecule is CC(C)CCn1c(S[C@H](C)C(=O)Nc2ccccc2)nc2ccccc2c1=O. The van der Waals surface area contributed by atoms with Crippen molar-refractivity contribution < 1.29 is 4.79 Å². The van der Waals surface area contributed by atoms with Crippen LogP contribution in [0.5, 0.6) is 0 Å². The maximum absolute atomic E-state index is 13.0. The first-order valence-electron chi connectivity index (χ1n) is 9.48. The summed E-state index contributed by atoms with van der Waals surface area (Å²) in [7, 11) is 0. The number of nitrogens with zero attached hydrogens (tertiary/aromatic N) is 2. The summed E-state index contributed by atoms with van der Waals surface area (Å²) in [5, 5.41) is 3.71. The molecule has 3 rings (SSSR count). The third-order valence-electron chi connectivity index (χ3n) is 4.45. The van der Waals surface area contributed by atoms with Crippen LogP contribution in [-0.4, -0.2) is 20.7 Å². The average Bonchev–Trinajstić information content (AvgIpc) is 2.68. The van der Waals surface area contributed by atoms with Gasteiger partial charge in [-0.05, 0) is 43.5 Å². The number of rotatable bonds is 7. The van der Waals surface area contributed by atoms with Crippen molar-refractivity contribution in [2.45, 2.75) is 44.1 Å². The predicted molar refractivity (Wildman–Crippen MR) is 116 cm³/mol. The lowest BCUT2D eigenvalue weighted by molar-refractivity contribution is -0.115. The van der Waals surface area contributed by atoms with Crippen molar-refractivity contribution >= 4 is 34.3 Å². The van der Waals surface area contributed by atoms with Crippen LogP contribution < -0.4 is 10.9 Å². The zero-order chi connectivity index (χ0) is 20.1. The molecule has 3 aromatic rings. The second-order valence-corrected chi connectivity index (χ2v) is 8.47. The molecule has 5 nitrogen and oxygen atoms in total. The van der Waals surface area contributed by atoms with Gasteiger partial charge >= 0.3 is 0 Å². The van der Waals surface area contributed by atoms with Crippen molar-refractivity contribution in [2.24, 2.45) is 5.92 Å². The molecule has 0 saturated carbocycles. The summed E-state index contributed by atoms with van der Waals surface area (Å²) >= 11 is 1.32. The first kappa shape index (κ1) is 20.1. The highest BCUT2D eigenvalue weighted by atomic mass is 32.2. The number of carbonyl (C=O) groups is 1. The Labute approximate surface area is 169 Å². The lowest BCUT2D eigenvalue weighted by Gasteiger charge is -2.17. The lowest BCUT2D eigenvalue weighted by Crippen LogP contribution is -2.27. The van der Waals surface area contributed by atoms with Crippen LogP contribution in [0.15, 0.2) is 64.5 Å². The Hall–Kier alpha value is -2.60. The van der Waals surface area contributed by atoms with E-state index >= 15 is 0 Å². The van der Waals surface area contributed by atoms with Crippen LogP contribution in [0.1, 0.15) is 27.2 Å². The summed E-state index contributed by atoms with van der Waals surface area (Å²) in [6.07, 6.45) is 0.873. The van der Waals surface area contributed by atoms with E-state index in [0.29, 0.717) is 28.5 Å². The molecule has 0 radical (unpaired) electrons. The third-order valence-corrected chi connectivity index (χ3v) is 5.54. The van der Waals surface area contributed by atoms with E-state index in [-0.39, 0.29) is 11.5 Å². The van der Waals surface area contributed by atoms with Crippen molar-refractivity contribution in [3.05, 3.63) is 65.0 Å². The van der Waals surface area contributed by atoms with Gasteiger partial charge in [-0.1, -0.05) is 55.9 Å². The van der Waals surface area contributed by atoms with Gasteiger partial charge < -0.3 is 5.32 Å². The quantitative estimate of drug-likeness (QED) is 0.470. The molecular weight excluding hydrogens is 370 g/mol. The molecule has 0 bridgehead atoms. The number of hydrogen-bond acceptors (Lipinski definition) is 4. The molecule has 0 spiro atoms. The summed E-state index contributed by atoms with van der Waals surface area (Å²) < 4.78 is 1.71. The van der Waals surface area contributed by atoms with Crippen LogP contribution in [0, 0.1) is 5.92 Å². The van der Waals surface area contributed by atoms with E-state index in [0.717, 1.165) is 12.1 Å². The first-order chi connectivity index (χ1) is 13.5. The summed E-state index contributed by atoms with van der Waals surface area (Å²) in [5.74, 6) is 0.351. The molecule has 2 aromatic carbocycles. The van der Waals surface area contributed by atoms with Gasteiger partial charge in [-0.25, -0.2) is 4.98 Å². The molecule has 1 amide bonds. The van der Waals surface area contributed by atoms with Gasteiger partial charge in [0.2, 0.25) is 5.91 Å². The number of carbonyl (C=O) groups excluding carboxylic acids is 1. The maximum Gasteiger partial charge on any atom is 0.262 e. The van der Waals surface area contributed by atoms with E-state index in [4.69, 9.17) is 0 Å². The first-order valence-corrected chi connectivity index (χ1v) is 10.4. The normalized spacial score (nSPS) is 12.3. The van der Waals surface area contributed by atoms with Gasteiger partial charge in [0.05, 0.1) is 16.2 Å². The van der Waals surface area contributed by atoms with Gasteiger partial charge in [0.15, 0.2) is 5.16 Å². The topological polar surface area (TPSA) is 64.0 Å². The number of benzene rings is 2. The minimum Gasteiger partial charge on any atom is -0.325 e. The van der Waals surface area contributed by atoms with Crippen LogP contribution in [0.4, 0.5) is 5.69 Å². The molecule has 28 heavy (non-hydrogen) atoms. The Kier molecular flexibility index (Phi) is 6.52. The Morgan fingerprint density at radius 2 is 1.75 bits per heavy atom. The largest absolute Gasteiger partial charge is 0.325 e. The van der Waals surface area contributed by atoms with E-state index in [2.05, 4.69) is 24.1 Å². The van der Waals surface area contributed by atoms with Crippen molar-refractivity contribution in [1.82, 2.24) is 9.55 Å². The van der Waals surface area contributed by atoms with Gasteiger partial charge in [0.25, 0.3) is 5.56 Å². The van der Waals surface area contributed by atoms with E-state index in [1.165, 1.54) is 11.8 Å². The van der Waals surface area contributed by atoms with E-state index in [9.17, 15) is 9.59 Å². The van der Waals surface area contributed by atoms with Crippen LogP contribution in [0.3, 0.4) is 0 Å². The molecular formula is C22H25N3O2S. The molecule has 1 heterocycles. The molecule has 1 aromatic heterocycles. The number of fused-ring (bicyclic) bond motifs is 1. The molecule has 1 atom stereocenters. The highest BCUT2D eigenvalue weighted by Crippen LogP contribution is 2.24. The minimum atomic E-state index is -0.390. The number of nitrogens with one attached hydrogen (secondary N) is 1. The van der Waals surface area contributed by atoms with Crippen molar-refractivity contribution in [3.63, 3.8) is 0 Å². The third kappa shape index (κ3) is 4.81. The average molecular weight is 396 g/mol. The molecule has 0 aliphatic carbocycles. The fourth-order valence-corrected chi connectivity index (χ4v) is 3.73. The Morgan fingerprint density at radius 1 is 1.07 bits per heavy atom. The number of thioether (sulfide) groups is 1. The summed E-state index contributed by atoms with van der Waals surface area (Å²) in [4.78, 5) is 30.3. The second-order valence-electron chi connectivity index (χ2n) is 7.17. The monoisotopic (exact) mass is 395 g/mol. The number of amides is 1. The van der Waals surface area contributed by atoms with Crippen molar-refractivity contribution in [3.8, 4) is 0 Å². The lowest BCUT2D eigenvalue weighted by atomic mass is 10.1. The molecule has 0 unspecified atom stereocenters. The highest BCUT2D eigenvalue weighted by molar-refractivity contribution is 8.00. The van der Waals surface area contributed by atoms with Gasteiger partial charge in [0.1, 0.15) is 0 Å². The number of anilines is 1. The van der Waals surface area contributed by atoms with Crippen LogP contribution >= 0.6 is 11.8 Å². The Balaban J connectivity index is 1.88. The van der Waals surface area contributed by atoms with E-state index in [1.54, 1.807) is 10.6 Å². The summed E-state index contributed by atoms with van der Waals surface area (Å²) in [6, 6.07) is 16.7. The number of para-hydroxylation sites is 2. The summed E-state index contributed by atoms with van der Waals surface area (Å²) in [6.45, 7) is 6.67. The van der Waals surface area contributed by atoms with Gasteiger partial charge in [-0.3, -0.25) is 14.2 Å². The van der Waals surface area contributed by atoms with Crippen LogP contribution in [0.25, 0.3) is 10.9 Å². The molecule has 0 fully saturated rings. The molecule has 0 aliphatic heterocycles. The molecule has 1 N–H and O–H groups in total. The van der Waals surface area contributed by atoms with E-state index in [1.807, 2.05) is 55.5 Å². The molecule has 0 saturated heterocycles. The smallest absolute Gasteiger partial charge is 0.262 e. The molecule has 0 aliphatic rings. The maximum atomic E-state index is 13.0. The van der Waals surface area contributed by atoms with Crippen molar-refractivity contribution in [2.75, 3.05) is 5.32 Å². The zero-order valence-electron chi connectivity index (χ0n) is 16.4. The highest BCUT2D eigenvalue weighted by Gasteiger charge is 2.19. The standard InChI is InChI=1S/C22H25N3O2S/c1-15(2)13-14-25-21(27)18-11-7-8-12-19(18)24-22(25)28-16(3)20(26)23-17-9-5-4-6-10-17/h4-12,15-16H,13-14H2,1-3H3,(H,23,26)/t16-/m1/s1. The summed E-state index contributed by atoms with van der Waals surface area (Å²) in [5.41, 5.74) is 1.36. The number of hydrogen-bond donors (Lipinski definition) is 1. The fraction of sp³-hybridized carbons (Fsp3) is 0.318. The molecule has 146 valence electrons. The Bertz CT molecular complexity index is 1020. The Morgan fingerprint density at radius 3 is 2.46 bits per heavy atom. The fourth-order valence-electron chi connectivity index (χ4n) is 2.80. The zero-order valence-corrected chi connectivity index (χ0v) is 17.2. The van der Waals surface area contributed by atoms with Gasteiger partial charge in [0, 0.05) is 12.2 Å². The van der Waals surface area contributed by atoms with Crippen LogP contribution in [0.2, 0.25) is 0 Å². The minimum absolute atomic E-state index is 0.0515. The predicted octanol–water partition coefficient (Wildman–Crippen LogP) is 4.56. The van der Waals surface area contributed by atoms with E-state index < -0.39 is 5.25 Å². The second kappa shape index (κ2) is 9.06. The molecule has 6 heteroatoms. The van der Waals surface area contributed by atoms with Gasteiger partial charge in [-0.15, -0.1) is 0 Å². The van der Waals surface area contributed by atoms with Crippen molar-refractivity contribution in [1.29, 1.82) is 0 Å². The van der Waals surface area contributed by atoms with Gasteiger partial charge in [-0.2, -0.15) is 0 Å². The van der Waals surface area contributed by atoms with Crippen LogP contribution in [-0.2, 0) is 11.3 Å².